The van der Waals surface area contributed by atoms with Crippen molar-refractivity contribution in [3.8, 4) is 23.0 Å². The molecule has 0 aromatic heterocycles. The maximum absolute atomic E-state index is 12.0. The molecule has 0 saturated carbocycles. The Balaban J connectivity index is 1.57. The Morgan fingerprint density at radius 3 is 2.81 bits per heavy atom. The third-order valence-corrected chi connectivity index (χ3v) is 3.82. The Labute approximate surface area is 152 Å². The Morgan fingerprint density at radius 2 is 2.00 bits per heavy atom. The molecule has 0 spiro atoms. The molecule has 0 aliphatic carbocycles. The van der Waals surface area contributed by atoms with Gasteiger partial charge in [0.05, 0.1) is 13.7 Å². The number of hydrogen-bond donors (Lipinski definition) is 1. The Kier molecular flexibility index (Phi) is 5.63. The predicted molar refractivity (Wildman–Crippen MR) is 97.6 cm³/mol. The fraction of sp³-hybridized carbons (Fsp3) is 0.250. The summed E-state index contributed by atoms with van der Waals surface area (Å²) in [5.41, 5.74) is 1.79. The maximum atomic E-state index is 12.0. The molecular formula is C20H21NO5. The highest BCUT2D eigenvalue weighted by Crippen LogP contribution is 2.32. The quantitative estimate of drug-likeness (QED) is 0.773. The van der Waals surface area contributed by atoms with E-state index in [0.717, 1.165) is 16.9 Å². The first-order valence-electron chi connectivity index (χ1n) is 8.35. The molecule has 1 N–H and O–H groups in total. The number of fused-ring (bicyclic) bond motifs is 1. The second kappa shape index (κ2) is 8.29. The minimum absolute atomic E-state index is 0.185. The first-order chi connectivity index (χ1) is 12.7. The van der Waals surface area contributed by atoms with Crippen LogP contribution in [-0.2, 0) is 11.3 Å². The second-order valence-electron chi connectivity index (χ2n) is 5.58. The van der Waals surface area contributed by atoms with Gasteiger partial charge >= 0.3 is 0 Å². The van der Waals surface area contributed by atoms with Crippen molar-refractivity contribution in [2.24, 2.45) is 0 Å². The molecule has 2 aromatic carbocycles. The summed E-state index contributed by atoms with van der Waals surface area (Å²) in [7, 11) is 1.59. The van der Waals surface area contributed by atoms with E-state index in [4.69, 9.17) is 18.9 Å². The molecule has 0 atom stereocenters. The van der Waals surface area contributed by atoms with E-state index in [9.17, 15) is 4.79 Å². The lowest BCUT2D eigenvalue weighted by atomic mass is 10.2. The van der Waals surface area contributed by atoms with E-state index < -0.39 is 0 Å². The molecule has 6 heteroatoms. The Hall–Kier alpha value is -3.15. The van der Waals surface area contributed by atoms with E-state index in [-0.39, 0.29) is 12.7 Å². The van der Waals surface area contributed by atoms with Crippen LogP contribution in [0.3, 0.4) is 0 Å². The zero-order valence-corrected chi connectivity index (χ0v) is 14.8. The maximum Gasteiger partial charge on any atom is 0.244 e. The van der Waals surface area contributed by atoms with Crippen molar-refractivity contribution in [2.45, 2.75) is 13.5 Å². The summed E-state index contributed by atoms with van der Waals surface area (Å²) in [6.45, 7) is 3.12. The van der Waals surface area contributed by atoms with Crippen LogP contribution in [0.1, 0.15) is 18.1 Å². The number of rotatable bonds is 7. The Bertz CT molecular complexity index is 816. The molecule has 1 heterocycles. The zero-order chi connectivity index (χ0) is 18.4. The molecule has 6 nitrogen and oxygen atoms in total. The normalized spacial score (nSPS) is 12.2. The molecule has 3 rings (SSSR count). The molecule has 1 amide bonds. The highest BCUT2D eigenvalue weighted by molar-refractivity contribution is 5.91. The van der Waals surface area contributed by atoms with Crippen LogP contribution in [0, 0.1) is 0 Å². The summed E-state index contributed by atoms with van der Waals surface area (Å²) in [5.74, 6) is 2.56. The van der Waals surface area contributed by atoms with Gasteiger partial charge in [-0.25, -0.2) is 0 Å². The molecular weight excluding hydrogens is 334 g/mol. The van der Waals surface area contributed by atoms with Crippen LogP contribution in [0.2, 0.25) is 0 Å². The van der Waals surface area contributed by atoms with E-state index in [1.54, 1.807) is 13.2 Å². The molecule has 136 valence electrons. The fourth-order valence-electron chi connectivity index (χ4n) is 2.53. The topological polar surface area (TPSA) is 66.0 Å². The minimum atomic E-state index is -0.185. The van der Waals surface area contributed by atoms with Gasteiger partial charge in [0.15, 0.2) is 23.0 Å². The summed E-state index contributed by atoms with van der Waals surface area (Å²) in [6.07, 6.45) is 3.22. The first-order valence-corrected chi connectivity index (χ1v) is 8.35. The van der Waals surface area contributed by atoms with Crippen LogP contribution >= 0.6 is 0 Å². The third kappa shape index (κ3) is 4.27. The van der Waals surface area contributed by atoms with Crippen molar-refractivity contribution in [2.75, 3.05) is 20.5 Å². The van der Waals surface area contributed by atoms with Crippen molar-refractivity contribution < 1.29 is 23.7 Å². The first kappa shape index (κ1) is 17.7. The van der Waals surface area contributed by atoms with Crippen LogP contribution in [0.4, 0.5) is 0 Å². The number of benzene rings is 2. The monoisotopic (exact) mass is 355 g/mol. The number of hydrogen-bond acceptors (Lipinski definition) is 5. The average Bonchev–Trinajstić information content (AvgIpc) is 3.13. The van der Waals surface area contributed by atoms with Crippen LogP contribution in [0.25, 0.3) is 6.08 Å². The van der Waals surface area contributed by atoms with E-state index >= 15 is 0 Å². The predicted octanol–water partition coefficient (Wildman–Crippen LogP) is 3.15. The van der Waals surface area contributed by atoms with Crippen LogP contribution in [0.5, 0.6) is 23.0 Å². The van der Waals surface area contributed by atoms with Crippen molar-refractivity contribution in [3.63, 3.8) is 0 Å². The van der Waals surface area contributed by atoms with Gasteiger partial charge in [0.2, 0.25) is 12.7 Å². The van der Waals surface area contributed by atoms with Crippen molar-refractivity contribution >= 4 is 12.0 Å². The van der Waals surface area contributed by atoms with Gasteiger partial charge in [-0.1, -0.05) is 12.1 Å². The van der Waals surface area contributed by atoms with E-state index in [0.29, 0.717) is 30.4 Å². The lowest BCUT2D eigenvalue weighted by molar-refractivity contribution is -0.116. The van der Waals surface area contributed by atoms with Gasteiger partial charge in [0.1, 0.15) is 0 Å². The van der Waals surface area contributed by atoms with Gasteiger partial charge in [-0.15, -0.1) is 0 Å². The van der Waals surface area contributed by atoms with Gasteiger partial charge in [-0.05, 0) is 48.4 Å². The van der Waals surface area contributed by atoms with Gasteiger partial charge in [0.25, 0.3) is 0 Å². The molecule has 0 radical (unpaired) electrons. The van der Waals surface area contributed by atoms with Crippen LogP contribution < -0.4 is 24.3 Å². The van der Waals surface area contributed by atoms with Crippen molar-refractivity contribution in [1.82, 2.24) is 5.32 Å². The second-order valence-corrected chi connectivity index (χ2v) is 5.58. The Morgan fingerprint density at radius 1 is 1.15 bits per heavy atom. The average molecular weight is 355 g/mol. The summed E-state index contributed by atoms with van der Waals surface area (Å²) < 4.78 is 21.4. The fourth-order valence-corrected chi connectivity index (χ4v) is 2.53. The van der Waals surface area contributed by atoms with Crippen LogP contribution in [-0.4, -0.2) is 26.4 Å². The van der Waals surface area contributed by atoms with Crippen LogP contribution in [0.15, 0.2) is 42.5 Å². The van der Waals surface area contributed by atoms with E-state index in [1.165, 1.54) is 6.08 Å². The molecule has 0 fully saturated rings. The highest BCUT2D eigenvalue weighted by atomic mass is 16.7. The third-order valence-electron chi connectivity index (χ3n) is 3.82. The van der Waals surface area contributed by atoms with Crippen molar-refractivity contribution in [1.29, 1.82) is 0 Å². The number of amides is 1. The van der Waals surface area contributed by atoms with Crippen molar-refractivity contribution in [3.05, 3.63) is 53.6 Å². The highest BCUT2D eigenvalue weighted by Gasteiger charge is 2.13. The molecule has 0 saturated heterocycles. The smallest absolute Gasteiger partial charge is 0.244 e. The SMILES string of the molecule is CCOc1ccc(/C=C/C(=O)NCc2ccc3c(c2)OCO3)cc1OC. The number of ether oxygens (including phenoxy) is 4. The molecule has 1 aliphatic heterocycles. The van der Waals surface area contributed by atoms with E-state index in [1.807, 2.05) is 43.3 Å². The zero-order valence-electron chi connectivity index (χ0n) is 14.8. The number of methoxy groups -OCH3 is 1. The minimum Gasteiger partial charge on any atom is -0.493 e. The van der Waals surface area contributed by atoms with Gasteiger partial charge in [-0.2, -0.15) is 0 Å². The summed E-state index contributed by atoms with van der Waals surface area (Å²) >= 11 is 0. The molecule has 0 bridgehead atoms. The number of nitrogens with one attached hydrogen (secondary N) is 1. The lowest BCUT2D eigenvalue weighted by Crippen LogP contribution is -2.20. The summed E-state index contributed by atoms with van der Waals surface area (Å²) in [6, 6.07) is 11.1. The van der Waals surface area contributed by atoms with Gasteiger partial charge < -0.3 is 24.3 Å². The largest absolute Gasteiger partial charge is 0.493 e. The van der Waals surface area contributed by atoms with Gasteiger partial charge in [-0.3, -0.25) is 4.79 Å². The summed E-state index contributed by atoms with van der Waals surface area (Å²) in [5, 5.41) is 2.84. The molecule has 0 unspecified atom stereocenters. The number of carbonyl (C=O) groups is 1. The van der Waals surface area contributed by atoms with Gasteiger partial charge in [0, 0.05) is 12.6 Å². The summed E-state index contributed by atoms with van der Waals surface area (Å²) in [4.78, 5) is 12.0. The molecule has 2 aromatic rings. The standard InChI is InChI=1S/C20H21NO5/c1-3-24-16-7-4-14(10-18(16)23-2)6-9-20(22)21-12-15-5-8-17-19(11-15)26-13-25-17/h4-11H,3,12-13H2,1-2H3,(H,21,22)/b9-6+. The van der Waals surface area contributed by atoms with E-state index in [2.05, 4.69) is 5.32 Å². The molecule has 1 aliphatic rings. The molecule has 26 heavy (non-hydrogen) atoms. The lowest BCUT2D eigenvalue weighted by Gasteiger charge is -2.09. The number of carbonyl (C=O) groups excluding carboxylic acids is 1.